The average molecular weight is 324 g/mol. The molecule has 2 amide bonds. The molecular formula is C16H28N4O3. The number of nitrogens with zero attached hydrogens (tertiary/aromatic N) is 2. The number of nitrogens with one attached hydrogen (secondary N) is 2. The lowest BCUT2D eigenvalue weighted by Gasteiger charge is -2.35. The maximum atomic E-state index is 12.8. The molecule has 2 aliphatic heterocycles. The molecule has 2 heterocycles. The van der Waals surface area contributed by atoms with Crippen LogP contribution in [0, 0.1) is 11.3 Å². The van der Waals surface area contributed by atoms with E-state index in [1.165, 1.54) is 0 Å². The number of amides is 2. The number of piperidine rings is 1. The Balaban J connectivity index is 1.99. The molecule has 23 heavy (non-hydrogen) atoms. The average Bonchev–Trinajstić information content (AvgIpc) is 2.68. The van der Waals surface area contributed by atoms with Crippen molar-refractivity contribution in [3.8, 4) is 0 Å². The lowest BCUT2D eigenvalue weighted by Crippen LogP contribution is -2.50. The molecule has 0 aromatic heterocycles. The van der Waals surface area contributed by atoms with Gasteiger partial charge < -0.3 is 15.0 Å². The lowest BCUT2D eigenvalue weighted by molar-refractivity contribution is -0.133. The number of carbonyl (C=O) groups excluding carboxylic acids is 2. The molecule has 7 heteroatoms. The summed E-state index contributed by atoms with van der Waals surface area (Å²) in [7, 11) is 0. The molecule has 2 fully saturated rings. The van der Waals surface area contributed by atoms with Crippen LogP contribution < -0.4 is 5.32 Å². The smallest absolute Gasteiger partial charge is 0.409 e. The first kappa shape index (κ1) is 17.6. The number of hydrogen-bond acceptors (Lipinski definition) is 4. The summed E-state index contributed by atoms with van der Waals surface area (Å²) < 4.78 is 5.01. The summed E-state index contributed by atoms with van der Waals surface area (Å²) in [6.07, 6.45) is 1.75. The van der Waals surface area contributed by atoms with Crippen LogP contribution in [0.5, 0.6) is 0 Å². The van der Waals surface area contributed by atoms with Crippen LogP contribution in [0.25, 0.3) is 0 Å². The molecule has 2 N–H and O–H groups in total. The first-order valence-corrected chi connectivity index (χ1v) is 8.40. The van der Waals surface area contributed by atoms with E-state index < -0.39 is 5.54 Å². The third-order valence-corrected chi connectivity index (χ3v) is 4.50. The second-order valence-corrected chi connectivity index (χ2v) is 7.00. The molecule has 0 spiro atoms. The van der Waals surface area contributed by atoms with Gasteiger partial charge in [0, 0.05) is 19.1 Å². The summed E-state index contributed by atoms with van der Waals surface area (Å²) in [5.41, 5.74) is -0.691. The maximum Gasteiger partial charge on any atom is 0.409 e. The Morgan fingerprint density at radius 3 is 2.57 bits per heavy atom. The Hall–Kier alpha value is -1.79. The highest BCUT2D eigenvalue weighted by atomic mass is 16.6. The zero-order valence-corrected chi connectivity index (χ0v) is 14.5. The maximum absolute atomic E-state index is 12.8. The van der Waals surface area contributed by atoms with Crippen LogP contribution in [0.15, 0.2) is 0 Å². The summed E-state index contributed by atoms with van der Waals surface area (Å²) in [6.45, 7) is 9.29. The predicted molar refractivity (Wildman–Crippen MR) is 87.2 cm³/mol. The van der Waals surface area contributed by atoms with Crippen LogP contribution in [0.1, 0.15) is 47.0 Å². The molecule has 0 bridgehead atoms. The standard InChI is InChI=1S/C16H28N4O3/c1-5-23-15(22)19-8-6-12(7-9-19)20-13(21)16(4,10-11(2)3)18-14(20)17/h11-12H,5-10H2,1-4H3,(H2,17,18). The number of hydrogen-bond donors (Lipinski definition) is 2. The van der Waals surface area contributed by atoms with Gasteiger partial charge in [-0.3, -0.25) is 15.1 Å². The Morgan fingerprint density at radius 2 is 2.04 bits per heavy atom. The second kappa shape index (κ2) is 6.76. The Kier molecular flexibility index (Phi) is 5.16. The van der Waals surface area contributed by atoms with E-state index in [0.717, 1.165) is 0 Å². The number of guanidine groups is 1. The number of likely N-dealkylation sites (tertiary alicyclic amines) is 1. The van der Waals surface area contributed by atoms with E-state index >= 15 is 0 Å². The fourth-order valence-corrected chi connectivity index (χ4v) is 3.57. The molecule has 1 unspecified atom stereocenters. The SMILES string of the molecule is CCOC(=O)N1CCC(N2C(=N)NC(C)(CC(C)C)C2=O)CC1. The molecule has 1 atom stereocenters. The van der Waals surface area contributed by atoms with Crippen LogP contribution in [0.4, 0.5) is 4.79 Å². The highest BCUT2D eigenvalue weighted by Crippen LogP contribution is 2.29. The third-order valence-electron chi connectivity index (χ3n) is 4.50. The van der Waals surface area contributed by atoms with Crippen LogP contribution >= 0.6 is 0 Å². The number of ether oxygens (including phenoxy) is 1. The minimum atomic E-state index is -0.691. The predicted octanol–water partition coefficient (Wildman–Crippen LogP) is 1.78. The van der Waals surface area contributed by atoms with Crippen LogP contribution in [-0.2, 0) is 9.53 Å². The van der Waals surface area contributed by atoms with Gasteiger partial charge in [-0.15, -0.1) is 0 Å². The van der Waals surface area contributed by atoms with Gasteiger partial charge in [-0.1, -0.05) is 13.8 Å². The normalized spacial score (nSPS) is 26.0. The highest BCUT2D eigenvalue weighted by Gasteiger charge is 2.48. The monoisotopic (exact) mass is 324 g/mol. The van der Waals surface area contributed by atoms with Gasteiger partial charge in [0.2, 0.25) is 0 Å². The van der Waals surface area contributed by atoms with Gasteiger partial charge >= 0.3 is 6.09 Å². The van der Waals surface area contributed by atoms with Gasteiger partial charge in [-0.05, 0) is 39.0 Å². The Morgan fingerprint density at radius 1 is 1.43 bits per heavy atom. The topological polar surface area (TPSA) is 85.7 Å². The summed E-state index contributed by atoms with van der Waals surface area (Å²) in [4.78, 5) is 27.8. The van der Waals surface area contributed by atoms with Gasteiger partial charge in [0.1, 0.15) is 5.54 Å². The minimum Gasteiger partial charge on any atom is -0.450 e. The van der Waals surface area contributed by atoms with Crippen molar-refractivity contribution in [2.75, 3.05) is 19.7 Å². The first-order chi connectivity index (χ1) is 10.8. The molecule has 0 aromatic rings. The summed E-state index contributed by atoms with van der Waals surface area (Å²) in [6, 6.07) is -0.0258. The second-order valence-electron chi connectivity index (χ2n) is 7.00. The van der Waals surface area contributed by atoms with Crippen LogP contribution in [0.2, 0.25) is 0 Å². The van der Waals surface area contributed by atoms with Crippen LogP contribution in [-0.4, -0.2) is 59.0 Å². The lowest BCUT2D eigenvalue weighted by atomic mass is 9.90. The van der Waals surface area contributed by atoms with E-state index in [0.29, 0.717) is 44.9 Å². The molecule has 2 saturated heterocycles. The van der Waals surface area contributed by atoms with E-state index in [-0.39, 0.29) is 24.0 Å². The Labute approximate surface area is 137 Å². The van der Waals surface area contributed by atoms with Crippen molar-refractivity contribution in [2.45, 2.75) is 58.5 Å². The van der Waals surface area contributed by atoms with Crippen molar-refractivity contribution in [1.82, 2.24) is 15.1 Å². The van der Waals surface area contributed by atoms with Gasteiger partial charge in [-0.2, -0.15) is 0 Å². The van der Waals surface area contributed by atoms with E-state index in [2.05, 4.69) is 19.2 Å². The van der Waals surface area contributed by atoms with Crippen LogP contribution in [0.3, 0.4) is 0 Å². The Bertz CT molecular complexity index is 486. The minimum absolute atomic E-state index is 0.0224. The van der Waals surface area contributed by atoms with Gasteiger partial charge in [0.15, 0.2) is 5.96 Å². The summed E-state index contributed by atoms with van der Waals surface area (Å²) in [5.74, 6) is 0.536. The van der Waals surface area contributed by atoms with Crippen molar-refractivity contribution >= 4 is 18.0 Å². The number of carbonyl (C=O) groups is 2. The van der Waals surface area contributed by atoms with Crippen molar-refractivity contribution in [2.24, 2.45) is 5.92 Å². The third kappa shape index (κ3) is 3.59. The fourth-order valence-electron chi connectivity index (χ4n) is 3.57. The molecule has 0 aliphatic carbocycles. The molecular weight excluding hydrogens is 296 g/mol. The van der Waals surface area contributed by atoms with E-state index in [9.17, 15) is 9.59 Å². The quantitative estimate of drug-likeness (QED) is 0.825. The summed E-state index contributed by atoms with van der Waals surface area (Å²) >= 11 is 0. The summed E-state index contributed by atoms with van der Waals surface area (Å²) in [5, 5.41) is 11.2. The molecule has 0 saturated carbocycles. The van der Waals surface area contributed by atoms with Crippen molar-refractivity contribution < 1.29 is 14.3 Å². The zero-order chi connectivity index (χ0) is 17.2. The van der Waals surface area contributed by atoms with E-state index in [1.54, 1.807) is 16.7 Å². The fraction of sp³-hybridized carbons (Fsp3) is 0.812. The van der Waals surface area contributed by atoms with Crippen molar-refractivity contribution in [1.29, 1.82) is 5.41 Å². The van der Waals surface area contributed by atoms with Gasteiger partial charge in [0.25, 0.3) is 5.91 Å². The zero-order valence-electron chi connectivity index (χ0n) is 14.5. The molecule has 2 aliphatic rings. The highest BCUT2D eigenvalue weighted by molar-refractivity contribution is 6.08. The number of rotatable bonds is 4. The first-order valence-electron chi connectivity index (χ1n) is 8.40. The van der Waals surface area contributed by atoms with Crippen molar-refractivity contribution in [3.05, 3.63) is 0 Å². The largest absolute Gasteiger partial charge is 0.450 e. The van der Waals surface area contributed by atoms with Gasteiger partial charge in [0.05, 0.1) is 6.61 Å². The van der Waals surface area contributed by atoms with Crippen molar-refractivity contribution in [3.63, 3.8) is 0 Å². The molecule has 0 aromatic carbocycles. The van der Waals surface area contributed by atoms with Gasteiger partial charge in [-0.25, -0.2) is 4.79 Å². The molecule has 7 nitrogen and oxygen atoms in total. The molecule has 2 rings (SSSR count). The molecule has 0 radical (unpaired) electrons. The van der Waals surface area contributed by atoms with E-state index in [1.807, 2.05) is 6.92 Å². The van der Waals surface area contributed by atoms with E-state index in [4.69, 9.17) is 10.1 Å². The molecule has 130 valence electrons.